The molecule has 0 saturated heterocycles. The van der Waals surface area contributed by atoms with Crippen LogP contribution in [0.4, 0.5) is 10.1 Å². The molecule has 4 rings (SSSR count). The normalized spacial score (nSPS) is 11.2. The van der Waals surface area contributed by atoms with Crippen LogP contribution in [0.3, 0.4) is 0 Å². The summed E-state index contributed by atoms with van der Waals surface area (Å²) in [6, 6.07) is 18.6. The molecule has 0 unspecified atom stereocenters. The summed E-state index contributed by atoms with van der Waals surface area (Å²) in [6.45, 7) is 0. The van der Waals surface area contributed by atoms with E-state index in [4.69, 9.17) is 0 Å². The summed E-state index contributed by atoms with van der Waals surface area (Å²) < 4.78 is 14.8. The molecule has 0 saturated carbocycles. The van der Waals surface area contributed by atoms with Crippen molar-refractivity contribution in [1.82, 2.24) is 9.55 Å². The first-order chi connectivity index (χ1) is 14.0. The predicted molar refractivity (Wildman–Crippen MR) is 109 cm³/mol. The van der Waals surface area contributed by atoms with E-state index >= 15 is 0 Å². The third-order valence-corrected chi connectivity index (χ3v) is 4.42. The first-order valence-electron chi connectivity index (χ1n) is 8.73. The fourth-order valence-corrected chi connectivity index (χ4v) is 2.98. The fourth-order valence-electron chi connectivity index (χ4n) is 2.98. The van der Waals surface area contributed by atoms with Crippen molar-refractivity contribution in [1.29, 1.82) is 0 Å². The number of nitro benzene ring substituents is 1. The Morgan fingerprint density at radius 3 is 2.31 bits per heavy atom. The number of nitro groups is 1. The van der Waals surface area contributed by atoms with Gasteiger partial charge in [-0.05, 0) is 60.2 Å². The number of para-hydroxylation sites is 1. The maximum absolute atomic E-state index is 13.4. The average Bonchev–Trinajstić information content (AvgIpc) is 2.73. The predicted octanol–water partition coefficient (Wildman–Crippen LogP) is 4.60. The van der Waals surface area contributed by atoms with Crippen LogP contribution < -0.4 is 5.56 Å². The molecule has 0 aliphatic carbocycles. The Balaban J connectivity index is 1.86. The lowest BCUT2D eigenvalue weighted by molar-refractivity contribution is -0.384. The van der Waals surface area contributed by atoms with Crippen LogP contribution in [-0.4, -0.2) is 14.5 Å². The van der Waals surface area contributed by atoms with E-state index in [0.29, 0.717) is 28.0 Å². The van der Waals surface area contributed by atoms with Gasteiger partial charge in [-0.3, -0.25) is 19.5 Å². The second-order valence-corrected chi connectivity index (χ2v) is 6.29. The number of fused-ring (bicyclic) bond motifs is 1. The number of aromatic nitrogens is 2. The second kappa shape index (κ2) is 7.47. The summed E-state index contributed by atoms with van der Waals surface area (Å²) in [7, 11) is 0. The van der Waals surface area contributed by atoms with Crippen LogP contribution in [-0.2, 0) is 0 Å². The van der Waals surface area contributed by atoms with Gasteiger partial charge in [-0.2, -0.15) is 0 Å². The first kappa shape index (κ1) is 18.2. The lowest BCUT2D eigenvalue weighted by Gasteiger charge is -2.11. The van der Waals surface area contributed by atoms with Crippen molar-refractivity contribution >= 4 is 28.7 Å². The Hall–Kier alpha value is -4.13. The molecule has 6 nitrogen and oxygen atoms in total. The van der Waals surface area contributed by atoms with E-state index in [1.165, 1.54) is 41.0 Å². The number of non-ortho nitro benzene ring substituents is 1. The van der Waals surface area contributed by atoms with Crippen molar-refractivity contribution in [2.45, 2.75) is 0 Å². The smallest absolute Gasteiger partial charge is 0.268 e. The summed E-state index contributed by atoms with van der Waals surface area (Å²) in [5, 5.41) is 11.2. The summed E-state index contributed by atoms with van der Waals surface area (Å²) in [5.74, 6) is -0.0443. The molecule has 1 heterocycles. The van der Waals surface area contributed by atoms with Gasteiger partial charge in [0.05, 0.1) is 21.5 Å². The van der Waals surface area contributed by atoms with Gasteiger partial charge in [0.15, 0.2) is 0 Å². The number of halogens is 1. The number of rotatable bonds is 4. The summed E-state index contributed by atoms with van der Waals surface area (Å²) in [4.78, 5) is 28.0. The van der Waals surface area contributed by atoms with Crippen molar-refractivity contribution in [2.24, 2.45) is 0 Å². The second-order valence-electron chi connectivity index (χ2n) is 6.29. The van der Waals surface area contributed by atoms with Gasteiger partial charge < -0.3 is 0 Å². The number of benzene rings is 3. The van der Waals surface area contributed by atoms with E-state index in [0.717, 1.165) is 0 Å². The van der Waals surface area contributed by atoms with Crippen molar-refractivity contribution < 1.29 is 9.31 Å². The summed E-state index contributed by atoms with van der Waals surface area (Å²) in [6.07, 6.45) is 3.36. The van der Waals surface area contributed by atoms with E-state index in [9.17, 15) is 19.3 Å². The monoisotopic (exact) mass is 387 g/mol. The van der Waals surface area contributed by atoms with E-state index < -0.39 is 10.7 Å². The van der Waals surface area contributed by atoms with Crippen molar-refractivity contribution in [3.8, 4) is 5.69 Å². The molecule has 0 radical (unpaired) electrons. The van der Waals surface area contributed by atoms with Crippen LogP contribution >= 0.6 is 0 Å². The number of nitrogens with zero attached hydrogens (tertiary/aromatic N) is 3. The molecule has 0 atom stereocenters. The van der Waals surface area contributed by atoms with Crippen LogP contribution in [0.5, 0.6) is 0 Å². The molecule has 0 bridgehead atoms. The van der Waals surface area contributed by atoms with Crippen LogP contribution in [0.2, 0.25) is 0 Å². The zero-order chi connectivity index (χ0) is 20.4. The highest BCUT2D eigenvalue weighted by atomic mass is 19.1. The Bertz CT molecular complexity index is 1290. The molecule has 3 aromatic carbocycles. The van der Waals surface area contributed by atoms with Gasteiger partial charge >= 0.3 is 0 Å². The lowest BCUT2D eigenvalue weighted by Crippen LogP contribution is -2.22. The van der Waals surface area contributed by atoms with Crippen LogP contribution in [0.1, 0.15) is 11.4 Å². The van der Waals surface area contributed by atoms with E-state index in [1.807, 2.05) is 0 Å². The molecule has 0 aliphatic rings. The highest BCUT2D eigenvalue weighted by Crippen LogP contribution is 2.17. The zero-order valence-electron chi connectivity index (χ0n) is 15.0. The largest absolute Gasteiger partial charge is 0.269 e. The molecule has 142 valence electrons. The van der Waals surface area contributed by atoms with E-state index in [-0.39, 0.29) is 11.2 Å². The Morgan fingerprint density at radius 1 is 0.931 bits per heavy atom. The highest BCUT2D eigenvalue weighted by molar-refractivity contribution is 5.80. The Morgan fingerprint density at radius 2 is 1.62 bits per heavy atom. The summed E-state index contributed by atoms with van der Waals surface area (Å²) >= 11 is 0. The minimum atomic E-state index is -0.468. The molecule has 4 aromatic rings. The maximum Gasteiger partial charge on any atom is 0.269 e. The first-order valence-corrected chi connectivity index (χ1v) is 8.73. The molecular weight excluding hydrogens is 373 g/mol. The molecule has 7 heteroatoms. The van der Waals surface area contributed by atoms with Crippen LogP contribution in [0, 0.1) is 15.9 Å². The third kappa shape index (κ3) is 3.66. The Labute approximate surface area is 164 Å². The zero-order valence-corrected chi connectivity index (χ0v) is 15.0. The van der Waals surface area contributed by atoms with E-state index in [2.05, 4.69) is 4.98 Å². The minimum Gasteiger partial charge on any atom is -0.268 e. The topological polar surface area (TPSA) is 78.0 Å². The molecular formula is C22H14FN3O3. The van der Waals surface area contributed by atoms with Crippen molar-refractivity contribution in [3.63, 3.8) is 0 Å². The van der Waals surface area contributed by atoms with E-state index in [1.54, 1.807) is 48.6 Å². The van der Waals surface area contributed by atoms with Gasteiger partial charge in [-0.25, -0.2) is 9.37 Å². The van der Waals surface area contributed by atoms with Gasteiger partial charge in [0, 0.05) is 12.1 Å². The third-order valence-electron chi connectivity index (χ3n) is 4.42. The fraction of sp³-hybridized carbons (Fsp3) is 0. The van der Waals surface area contributed by atoms with Gasteiger partial charge in [0.1, 0.15) is 11.6 Å². The number of hydrogen-bond acceptors (Lipinski definition) is 4. The molecule has 1 aromatic heterocycles. The number of hydrogen-bond donors (Lipinski definition) is 0. The Kier molecular flexibility index (Phi) is 4.70. The molecule has 0 N–H and O–H groups in total. The minimum absolute atomic E-state index is 0.00537. The van der Waals surface area contributed by atoms with Gasteiger partial charge in [-0.1, -0.05) is 18.2 Å². The lowest BCUT2D eigenvalue weighted by atomic mass is 10.2. The van der Waals surface area contributed by atoms with Crippen LogP contribution in [0.15, 0.2) is 77.6 Å². The quantitative estimate of drug-likeness (QED) is 0.379. The van der Waals surface area contributed by atoms with Crippen molar-refractivity contribution in [3.05, 3.63) is 110 Å². The van der Waals surface area contributed by atoms with Gasteiger partial charge in [0.2, 0.25) is 0 Å². The molecule has 0 fully saturated rings. The molecule has 29 heavy (non-hydrogen) atoms. The maximum atomic E-state index is 13.4. The molecule has 0 amide bonds. The van der Waals surface area contributed by atoms with Crippen molar-refractivity contribution in [2.75, 3.05) is 0 Å². The van der Waals surface area contributed by atoms with Crippen LogP contribution in [0.25, 0.3) is 28.7 Å². The SMILES string of the molecule is O=c1c2ccccc2nc(/C=C/c2ccc([N+](=O)[O-])cc2)n1-c1ccc(F)cc1. The van der Waals surface area contributed by atoms with Gasteiger partial charge in [0.25, 0.3) is 11.2 Å². The molecule has 0 aliphatic heterocycles. The van der Waals surface area contributed by atoms with Gasteiger partial charge in [-0.15, -0.1) is 0 Å². The summed E-state index contributed by atoms with van der Waals surface area (Å²) in [5.41, 5.74) is 1.46. The highest BCUT2D eigenvalue weighted by Gasteiger charge is 2.11. The standard InChI is InChI=1S/C22H14FN3O3/c23-16-8-12-17(13-9-16)25-21(24-20-4-2-1-3-19(20)22(25)27)14-7-15-5-10-18(11-6-15)26(28)29/h1-14H/b14-7+. The molecule has 0 spiro atoms. The average molecular weight is 387 g/mol.